The number of halogens is 2. The summed E-state index contributed by atoms with van der Waals surface area (Å²) in [7, 11) is 0. The molecule has 0 spiro atoms. The van der Waals surface area contributed by atoms with Gasteiger partial charge in [-0.2, -0.15) is 0 Å². The monoisotopic (exact) mass is 187 g/mol. The fraction of sp³-hybridized carbons (Fsp3) is 0.250. The Morgan fingerprint density at radius 2 is 2.22 bits per heavy atom. The molecule has 0 saturated heterocycles. The van der Waals surface area contributed by atoms with Crippen molar-refractivity contribution in [1.82, 2.24) is 4.72 Å². The minimum Gasteiger partial charge on any atom is -0.296 e. The van der Waals surface area contributed by atoms with Gasteiger partial charge in [-0.25, -0.2) is 0 Å². The van der Waals surface area contributed by atoms with E-state index in [4.69, 9.17) is 0 Å². The van der Waals surface area contributed by atoms with Crippen LogP contribution in [0, 0.1) is 0 Å². The lowest BCUT2D eigenvalue weighted by Gasteiger charge is -2.00. The fourth-order valence-corrected chi connectivity index (χ4v) is 0.820. The standard InChI is InChI=1S/C4H5NOS.2ClH/c6-4-2-1-3-7-5-4;;/h1,3H,2H2,(H,5,6);2*1H. The molecule has 1 rings (SSSR count). The fourth-order valence-electron chi connectivity index (χ4n) is 0.345. The molecule has 9 heavy (non-hydrogen) atoms. The number of amides is 1. The maximum absolute atomic E-state index is 10.3. The van der Waals surface area contributed by atoms with Crippen molar-refractivity contribution in [1.29, 1.82) is 0 Å². The molecule has 54 valence electrons. The van der Waals surface area contributed by atoms with Gasteiger partial charge in [-0.1, -0.05) is 6.08 Å². The average Bonchev–Trinajstić information content (AvgIpc) is 1.69. The minimum atomic E-state index is 0. The van der Waals surface area contributed by atoms with E-state index in [1.54, 1.807) is 0 Å². The molecular weight excluding hydrogens is 181 g/mol. The molecule has 1 amide bonds. The normalized spacial score (nSPS) is 14.9. The molecule has 0 aromatic heterocycles. The SMILES string of the molecule is Cl.Cl.O=C1CC=CSN1. The van der Waals surface area contributed by atoms with Crippen molar-refractivity contribution >= 4 is 42.7 Å². The zero-order valence-electron chi connectivity index (χ0n) is 4.49. The number of carbonyl (C=O) groups is 1. The van der Waals surface area contributed by atoms with Crippen LogP contribution in [0.1, 0.15) is 6.42 Å². The third-order valence-corrected chi connectivity index (χ3v) is 1.31. The smallest absolute Gasteiger partial charge is 0.233 e. The van der Waals surface area contributed by atoms with Crippen LogP contribution in [0.25, 0.3) is 0 Å². The summed E-state index contributed by atoms with van der Waals surface area (Å²) in [4.78, 5) is 10.3. The summed E-state index contributed by atoms with van der Waals surface area (Å²) in [5, 5.41) is 1.86. The highest BCUT2D eigenvalue weighted by atomic mass is 35.5. The van der Waals surface area contributed by atoms with E-state index >= 15 is 0 Å². The second-order valence-electron chi connectivity index (χ2n) is 1.22. The molecule has 0 atom stereocenters. The van der Waals surface area contributed by atoms with Crippen molar-refractivity contribution in [3.05, 3.63) is 11.5 Å². The van der Waals surface area contributed by atoms with E-state index in [1.807, 2.05) is 11.5 Å². The van der Waals surface area contributed by atoms with Crippen LogP contribution in [0.2, 0.25) is 0 Å². The highest BCUT2D eigenvalue weighted by Gasteiger charge is 1.98. The van der Waals surface area contributed by atoms with E-state index in [0.29, 0.717) is 6.42 Å². The van der Waals surface area contributed by atoms with Crippen molar-refractivity contribution in [3.8, 4) is 0 Å². The molecule has 0 unspecified atom stereocenters. The number of nitrogens with one attached hydrogen (secondary N) is 1. The number of hydrogen-bond donors (Lipinski definition) is 1. The van der Waals surface area contributed by atoms with Crippen LogP contribution in [-0.4, -0.2) is 5.91 Å². The number of hydrogen-bond acceptors (Lipinski definition) is 2. The van der Waals surface area contributed by atoms with Gasteiger partial charge in [-0.3, -0.25) is 9.52 Å². The topological polar surface area (TPSA) is 29.1 Å². The van der Waals surface area contributed by atoms with E-state index in [9.17, 15) is 4.79 Å². The van der Waals surface area contributed by atoms with Gasteiger partial charge in [-0.05, 0) is 17.4 Å². The Hall–Kier alpha value is 0.140. The zero-order chi connectivity index (χ0) is 5.11. The van der Waals surface area contributed by atoms with Crippen LogP contribution in [0.5, 0.6) is 0 Å². The minimum absolute atomic E-state index is 0. The van der Waals surface area contributed by atoms with Crippen molar-refractivity contribution in [2.75, 3.05) is 0 Å². The summed E-state index contributed by atoms with van der Waals surface area (Å²) < 4.78 is 2.57. The van der Waals surface area contributed by atoms with E-state index < -0.39 is 0 Å². The Kier molecular flexibility index (Phi) is 8.27. The highest BCUT2D eigenvalue weighted by molar-refractivity contribution is 8.00. The van der Waals surface area contributed by atoms with Gasteiger partial charge in [0.25, 0.3) is 0 Å². The molecule has 0 aromatic rings. The molecule has 1 aliphatic heterocycles. The van der Waals surface area contributed by atoms with E-state index in [0.717, 1.165) is 0 Å². The lowest BCUT2D eigenvalue weighted by molar-refractivity contribution is -0.118. The Morgan fingerprint density at radius 3 is 2.44 bits per heavy atom. The molecule has 0 radical (unpaired) electrons. The first-order valence-electron chi connectivity index (χ1n) is 1.99. The second-order valence-corrected chi connectivity index (χ2v) is 1.93. The maximum atomic E-state index is 10.3. The first kappa shape index (κ1) is 11.9. The molecule has 1 heterocycles. The van der Waals surface area contributed by atoms with E-state index in [-0.39, 0.29) is 30.7 Å². The van der Waals surface area contributed by atoms with Crippen LogP contribution in [0.15, 0.2) is 11.5 Å². The molecule has 0 aliphatic carbocycles. The molecule has 5 heteroatoms. The first-order valence-corrected chi connectivity index (χ1v) is 2.87. The Labute approximate surface area is 70.4 Å². The van der Waals surface area contributed by atoms with Crippen LogP contribution in [0.3, 0.4) is 0 Å². The number of carbonyl (C=O) groups excluding carboxylic acids is 1. The number of rotatable bonds is 0. The van der Waals surface area contributed by atoms with Gasteiger partial charge in [0.2, 0.25) is 5.91 Å². The van der Waals surface area contributed by atoms with Gasteiger partial charge in [0.15, 0.2) is 0 Å². The van der Waals surface area contributed by atoms with Crippen molar-refractivity contribution in [3.63, 3.8) is 0 Å². The van der Waals surface area contributed by atoms with Gasteiger partial charge in [0.05, 0.1) is 0 Å². The summed E-state index contributed by atoms with van der Waals surface area (Å²) >= 11 is 1.32. The predicted molar refractivity (Wildman–Crippen MR) is 44.0 cm³/mol. The lowest BCUT2D eigenvalue weighted by atomic mass is 10.4. The zero-order valence-corrected chi connectivity index (χ0v) is 6.94. The predicted octanol–water partition coefficient (Wildman–Crippen LogP) is 1.51. The summed E-state index contributed by atoms with van der Waals surface area (Å²) in [5.74, 6) is 0.0903. The quantitative estimate of drug-likeness (QED) is 0.584. The van der Waals surface area contributed by atoms with Gasteiger partial charge < -0.3 is 0 Å². The summed E-state index contributed by atoms with van der Waals surface area (Å²) in [6.45, 7) is 0. The van der Waals surface area contributed by atoms with Crippen LogP contribution in [-0.2, 0) is 4.79 Å². The molecule has 0 saturated carbocycles. The molecule has 0 aromatic carbocycles. The van der Waals surface area contributed by atoms with E-state index in [2.05, 4.69) is 4.72 Å². The van der Waals surface area contributed by atoms with E-state index in [1.165, 1.54) is 11.9 Å². The van der Waals surface area contributed by atoms with Crippen molar-refractivity contribution < 1.29 is 4.79 Å². The van der Waals surface area contributed by atoms with Crippen molar-refractivity contribution in [2.24, 2.45) is 0 Å². The molecule has 1 N–H and O–H groups in total. The van der Waals surface area contributed by atoms with Crippen LogP contribution < -0.4 is 4.72 Å². The van der Waals surface area contributed by atoms with Gasteiger partial charge in [0, 0.05) is 6.42 Å². The average molecular weight is 188 g/mol. The summed E-state index contributed by atoms with van der Waals surface area (Å²) in [6, 6.07) is 0. The van der Waals surface area contributed by atoms with Gasteiger partial charge >= 0.3 is 0 Å². The van der Waals surface area contributed by atoms with Gasteiger partial charge in [-0.15, -0.1) is 24.8 Å². The molecule has 1 aliphatic rings. The molecule has 2 nitrogen and oxygen atoms in total. The first-order chi connectivity index (χ1) is 3.39. The molecule has 0 fully saturated rings. The maximum Gasteiger partial charge on any atom is 0.233 e. The summed E-state index contributed by atoms with van der Waals surface area (Å²) in [6.07, 6.45) is 2.37. The van der Waals surface area contributed by atoms with Crippen molar-refractivity contribution in [2.45, 2.75) is 6.42 Å². The largest absolute Gasteiger partial charge is 0.296 e. The second kappa shape index (κ2) is 6.26. The van der Waals surface area contributed by atoms with Gasteiger partial charge in [0.1, 0.15) is 0 Å². The molecular formula is C4H7Cl2NOS. The molecule has 0 bridgehead atoms. The lowest BCUT2D eigenvalue weighted by Crippen LogP contribution is -2.15. The third kappa shape index (κ3) is 4.63. The van der Waals surface area contributed by atoms with Crippen LogP contribution >= 0.6 is 36.8 Å². The summed E-state index contributed by atoms with van der Waals surface area (Å²) in [5.41, 5.74) is 0. The highest BCUT2D eigenvalue weighted by Crippen LogP contribution is 2.03. The Balaban J connectivity index is 0. The Morgan fingerprint density at radius 1 is 1.56 bits per heavy atom. The Bertz CT molecular complexity index is 117. The third-order valence-electron chi connectivity index (χ3n) is 0.640. The van der Waals surface area contributed by atoms with Crippen LogP contribution in [0.4, 0.5) is 0 Å².